The van der Waals surface area contributed by atoms with Crippen molar-refractivity contribution in [3.8, 4) is 10.4 Å². The second-order valence-electron chi connectivity index (χ2n) is 7.50. The van der Waals surface area contributed by atoms with Crippen molar-refractivity contribution in [2.75, 3.05) is 6.61 Å². The summed E-state index contributed by atoms with van der Waals surface area (Å²) in [6, 6.07) is 4.24. The third-order valence-electron chi connectivity index (χ3n) is 5.42. The number of aliphatic hydroxyl groups is 1. The van der Waals surface area contributed by atoms with E-state index in [-0.39, 0.29) is 30.8 Å². The molecule has 1 N–H and O–H groups in total. The molecule has 5 rings (SSSR count). The molecule has 0 radical (unpaired) electrons. The van der Waals surface area contributed by atoms with Crippen molar-refractivity contribution in [2.45, 2.75) is 44.3 Å². The molecule has 2 fully saturated rings. The summed E-state index contributed by atoms with van der Waals surface area (Å²) in [5.41, 5.74) is 2.04. The summed E-state index contributed by atoms with van der Waals surface area (Å²) in [6.07, 6.45) is 6.23. The van der Waals surface area contributed by atoms with Crippen LogP contribution in [0.3, 0.4) is 0 Å². The molecule has 3 aromatic heterocycles. The van der Waals surface area contributed by atoms with Gasteiger partial charge in [-0.3, -0.25) is 0 Å². The summed E-state index contributed by atoms with van der Waals surface area (Å²) in [6.45, 7) is 3.97. The fourth-order valence-corrected chi connectivity index (χ4v) is 5.13. The number of hydrogen-bond donors (Lipinski definition) is 1. The Hall–Kier alpha value is -1.80. The van der Waals surface area contributed by atoms with Crippen LogP contribution >= 0.6 is 11.3 Å². The number of ether oxygens (including phenoxy) is 2. The van der Waals surface area contributed by atoms with E-state index in [4.69, 9.17) is 9.47 Å². The second kappa shape index (κ2) is 5.85. The van der Waals surface area contributed by atoms with Gasteiger partial charge in [0.15, 0.2) is 5.79 Å². The van der Waals surface area contributed by atoms with Gasteiger partial charge in [0.2, 0.25) is 0 Å². The van der Waals surface area contributed by atoms with Crippen LogP contribution in [-0.2, 0) is 9.47 Å². The van der Waals surface area contributed by atoms with Crippen LogP contribution in [0.1, 0.15) is 26.3 Å². The Kier molecular flexibility index (Phi) is 3.69. The molecule has 1 saturated carbocycles. The molecule has 0 aromatic carbocycles. The molecule has 0 unspecified atom stereocenters. The Morgan fingerprint density at radius 1 is 1.35 bits per heavy atom. The molecular weight excluding hydrogens is 350 g/mol. The maximum atomic E-state index is 9.85. The number of aliphatic hydroxyl groups excluding tert-OH is 1. The van der Waals surface area contributed by atoms with Crippen LogP contribution in [0.25, 0.3) is 21.5 Å². The number of thiophene rings is 1. The lowest BCUT2D eigenvalue weighted by Gasteiger charge is -2.24. The standard InChI is InChI=1S/C19H21N3O3S/c1-19(2)24-16-11(9-23)6-14(17(16)25-19)22-8-13(15-4-3-5-26-15)12-7-20-10-21-18(12)22/h3-5,7-8,10-11,14,16-17,23H,6,9H2,1-2H3/t11-,14-,16-,17+/m1/s1. The molecule has 3 aromatic rings. The minimum Gasteiger partial charge on any atom is -0.396 e. The van der Waals surface area contributed by atoms with E-state index in [1.807, 2.05) is 20.0 Å². The number of rotatable bonds is 3. The molecule has 1 saturated heterocycles. The molecule has 4 heterocycles. The zero-order valence-corrected chi connectivity index (χ0v) is 15.5. The molecule has 0 amide bonds. The Morgan fingerprint density at radius 3 is 2.96 bits per heavy atom. The van der Waals surface area contributed by atoms with Crippen LogP contribution in [0.5, 0.6) is 0 Å². The van der Waals surface area contributed by atoms with Crippen LogP contribution in [-0.4, -0.2) is 44.2 Å². The van der Waals surface area contributed by atoms with Gasteiger partial charge < -0.3 is 19.1 Å². The average Bonchev–Trinajstić information content (AvgIpc) is 3.36. The monoisotopic (exact) mass is 371 g/mol. The van der Waals surface area contributed by atoms with Gasteiger partial charge in [-0.15, -0.1) is 11.3 Å². The van der Waals surface area contributed by atoms with E-state index < -0.39 is 5.79 Å². The van der Waals surface area contributed by atoms with Gasteiger partial charge in [-0.1, -0.05) is 6.07 Å². The lowest BCUT2D eigenvalue weighted by atomic mass is 10.1. The lowest BCUT2D eigenvalue weighted by molar-refractivity contribution is -0.161. The first-order valence-corrected chi connectivity index (χ1v) is 9.76. The zero-order valence-electron chi connectivity index (χ0n) is 14.7. The Morgan fingerprint density at radius 2 is 2.19 bits per heavy atom. The fraction of sp³-hybridized carbons (Fsp3) is 0.474. The summed E-state index contributed by atoms with van der Waals surface area (Å²) >= 11 is 1.71. The highest BCUT2D eigenvalue weighted by atomic mass is 32.1. The minimum absolute atomic E-state index is 0.0660. The molecule has 7 heteroatoms. The third-order valence-corrected chi connectivity index (χ3v) is 6.33. The Labute approximate surface area is 155 Å². The van der Waals surface area contributed by atoms with E-state index in [1.54, 1.807) is 17.7 Å². The summed E-state index contributed by atoms with van der Waals surface area (Å²) in [5, 5.41) is 13.0. The fourth-order valence-electron chi connectivity index (χ4n) is 4.38. The summed E-state index contributed by atoms with van der Waals surface area (Å²) in [7, 11) is 0. The first-order chi connectivity index (χ1) is 12.6. The predicted molar refractivity (Wildman–Crippen MR) is 98.9 cm³/mol. The van der Waals surface area contributed by atoms with Crippen molar-refractivity contribution in [3.63, 3.8) is 0 Å². The number of hydrogen-bond acceptors (Lipinski definition) is 6. The zero-order chi connectivity index (χ0) is 17.9. The first-order valence-electron chi connectivity index (χ1n) is 8.88. The van der Waals surface area contributed by atoms with E-state index in [0.717, 1.165) is 23.0 Å². The number of fused-ring (bicyclic) bond motifs is 2. The smallest absolute Gasteiger partial charge is 0.163 e. The maximum Gasteiger partial charge on any atom is 0.163 e. The Bertz CT molecular complexity index is 937. The van der Waals surface area contributed by atoms with Gasteiger partial charge in [0, 0.05) is 40.7 Å². The van der Waals surface area contributed by atoms with Crippen molar-refractivity contribution in [1.82, 2.24) is 14.5 Å². The molecule has 0 bridgehead atoms. The van der Waals surface area contributed by atoms with E-state index in [9.17, 15) is 5.11 Å². The Balaban J connectivity index is 1.63. The van der Waals surface area contributed by atoms with Crippen LogP contribution in [0.15, 0.2) is 36.2 Å². The first kappa shape index (κ1) is 16.4. The highest BCUT2D eigenvalue weighted by Gasteiger charge is 2.54. The van der Waals surface area contributed by atoms with Crippen molar-refractivity contribution in [3.05, 3.63) is 36.2 Å². The molecule has 4 atom stereocenters. The van der Waals surface area contributed by atoms with Crippen LogP contribution in [0, 0.1) is 5.92 Å². The van der Waals surface area contributed by atoms with Gasteiger partial charge >= 0.3 is 0 Å². The molecule has 6 nitrogen and oxygen atoms in total. The van der Waals surface area contributed by atoms with E-state index in [1.165, 1.54) is 4.88 Å². The highest BCUT2D eigenvalue weighted by molar-refractivity contribution is 7.13. The molecule has 2 aliphatic rings. The second-order valence-corrected chi connectivity index (χ2v) is 8.45. The normalized spacial score (nSPS) is 30.1. The van der Waals surface area contributed by atoms with Gasteiger partial charge in [0.1, 0.15) is 18.1 Å². The van der Waals surface area contributed by atoms with Gasteiger partial charge in [-0.25, -0.2) is 9.97 Å². The molecule has 136 valence electrons. The molecule has 26 heavy (non-hydrogen) atoms. The van der Waals surface area contributed by atoms with Crippen LogP contribution in [0.2, 0.25) is 0 Å². The van der Waals surface area contributed by atoms with E-state index >= 15 is 0 Å². The average molecular weight is 371 g/mol. The van der Waals surface area contributed by atoms with Gasteiger partial charge in [0.05, 0.1) is 12.1 Å². The SMILES string of the molecule is CC1(C)O[C@@H]2[C@@H](CO)C[C@@H](n3cc(-c4cccs4)c4cncnc43)[C@@H]2O1. The van der Waals surface area contributed by atoms with Gasteiger partial charge in [0.25, 0.3) is 0 Å². The lowest BCUT2D eigenvalue weighted by Crippen LogP contribution is -2.27. The van der Waals surface area contributed by atoms with Crippen molar-refractivity contribution in [2.24, 2.45) is 5.92 Å². The summed E-state index contributed by atoms with van der Waals surface area (Å²) < 4.78 is 14.5. The highest BCUT2D eigenvalue weighted by Crippen LogP contribution is 2.48. The van der Waals surface area contributed by atoms with E-state index in [0.29, 0.717) is 0 Å². The molecule has 0 spiro atoms. The largest absolute Gasteiger partial charge is 0.396 e. The van der Waals surface area contributed by atoms with Crippen molar-refractivity contribution in [1.29, 1.82) is 0 Å². The quantitative estimate of drug-likeness (QED) is 0.765. The number of aromatic nitrogens is 3. The maximum absolute atomic E-state index is 9.85. The summed E-state index contributed by atoms with van der Waals surface area (Å²) in [4.78, 5) is 9.98. The predicted octanol–water partition coefficient (Wildman–Crippen LogP) is 3.23. The van der Waals surface area contributed by atoms with Gasteiger partial charge in [-0.2, -0.15) is 0 Å². The van der Waals surface area contributed by atoms with Crippen LogP contribution < -0.4 is 0 Å². The molecule has 1 aliphatic heterocycles. The van der Waals surface area contributed by atoms with Crippen molar-refractivity contribution < 1.29 is 14.6 Å². The molecule has 1 aliphatic carbocycles. The topological polar surface area (TPSA) is 69.4 Å². The minimum atomic E-state index is -0.629. The van der Waals surface area contributed by atoms with Crippen molar-refractivity contribution >= 4 is 22.4 Å². The third kappa shape index (κ3) is 2.42. The summed E-state index contributed by atoms with van der Waals surface area (Å²) in [5.74, 6) is -0.563. The van der Waals surface area contributed by atoms with Crippen LogP contribution in [0.4, 0.5) is 0 Å². The van der Waals surface area contributed by atoms with E-state index in [2.05, 4.69) is 38.2 Å². The van der Waals surface area contributed by atoms with Gasteiger partial charge in [-0.05, 0) is 31.7 Å². The molecular formula is C19H21N3O3S. The number of nitrogens with zero attached hydrogens (tertiary/aromatic N) is 3.